The zero-order valence-electron chi connectivity index (χ0n) is 17.3. The second-order valence-corrected chi connectivity index (χ2v) is 8.36. The Kier molecular flexibility index (Phi) is 5.02. The first-order valence-corrected chi connectivity index (χ1v) is 10.6. The molecule has 3 aromatic heterocycles. The van der Waals surface area contributed by atoms with Crippen LogP contribution in [-0.2, 0) is 17.8 Å². The van der Waals surface area contributed by atoms with Gasteiger partial charge in [-0.05, 0) is 55.2 Å². The minimum atomic E-state index is -0.304. The molecule has 2 atom stereocenters. The summed E-state index contributed by atoms with van der Waals surface area (Å²) in [6, 6.07) is 12.6. The SMILES string of the molecule is C[C@H]1C[C@H](Cn2ccc3nc(-c4cn[nH]c4)ccc32)CN1C(=O)Cc1cccc(F)c1. The number of rotatable bonds is 5. The quantitative estimate of drug-likeness (QED) is 0.533. The Morgan fingerprint density at radius 3 is 2.97 bits per heavy atom. The van der Waals surface area contributed by atoms with Crippen molar-refractivity contribution in [2.75, 3.05) is 6.54 Å². The molecule has 0 aliphatic carbocycles. The molecule has 6 nitrogen and oxygen atoms in total. The van der Waals surface area contributed by atoms with E-state index in [0.717, 1.165) is 47.4 Å². The second kappa shape index (κ2) is 7.98. The van der Waals surface area contributed by atoms with E-state index in [1.54, 1.807) is 18.3 Å². The van der Waals surface area contributed by atoms with Crippen LogP contribution in [-0.4, -0.2) is 43.1 Å². The smallest absolute Gasteiger partial charge is 0.227 e. The third-order valence-corrected chi connectivity index (χ3v) is 6.10. The summed E-state index contributed by atoms with van der Waals surface area (Å²) in [5, 5.41) is 6.81. The number of fused-ring (bicyclic) bond motifs is 1. The molecule has 4 heterocycles. The summed E-state index contributed by atoms with van der Waals surface area (Å²) in [6.07, 6.45) is 6.86. The van der Waals surface area contributed by atoms with E-state index in [0.29, 0.717) is 5.92 Å². The summed E-state index contributed by atoms with van der Waals surface area (Å²) in [7, 11) is 0. The van der Waals surface area contributed by atoms with Gasteiger partial charge in [-0.25, -0.2) is 9.37 Å². The number of hydrogen-bond acceptors (Lipinski definition) is 3. The second-order valence-electron chi connectivity index (χ2n) is 8.36. The number of nitrogens with zero attached hydrogens (tertiary/aromatic N) is 4. The minimum absolute atomic E-state index is 0.0596. The molecule has 4 aromatic rings. The standard InChI is InChI=1S/C24H24FN5O/c1-16-9-18(15-30(16)24(31)11-17-3-2-4-20(25)10-17)14-29-8-7-22-23(29)6-5-21(28-22)19-12-26-27-13-19/h2-8,10,12-13,16,18H,9,11,14-15H2,1H3,(H,26,27)/t16-,18+/m0/s1. The molecular weight excluding hydrogens is 393 g/mol. The number of aromatic amines is 1. The highest BCUT2D eigenvalue weighted by atomic mass is 19.1. The van der Waals surface area contributed by atoms with Crippen LogP contribution in [0.4, 0.5) is 4.39 Å². The van der Waals surface area contributed by atoms with Gasteiger partial charge in [-0.15, -0.1) is 0 Å². The normalized spacial score (nSPS) is 18.7. The van der Waals surface area contributed by atoms with Gasteiger partial charge in [-0.2, -0.15) is 5.10 Å². The number of nitrogens with one attached hydrogen (secondary N) is 1. The Bertz CT molecular complexity index is 1220. The molecule has 158 valence electrons. The average molecular weight is 417 g/mol. The molecular formula is C24H24FN5O. The van der Waals surface area contributed by atoms with Crippen molar-refractivity contribution >= 4 is 16.9 Å². The van der Waals surface area contributed by atoms with Crippen LogP contribution in [0, 0.1) is 11.7 Å². The fraction of sp³-hybridized carbons (Fsp3) is 0.292. The van der Waals surface area contributed by atoms with Gasteiger partial charge in [0.05, 0.1) is 29.3 Å². The number of amides is 1. The van der Waals surface area contributed by atoms with E-state index in [-0.39, 0.29) is 24.2 Å². The van der Waals surface area contributed by atoms with E-state index in [1.807, 2.05) is 23.2 Å². The summed E-state index contributed by atoms with van der Waals surface area (Å²) in [4.78, 5) is 19.5. The number of carbonyl (C=O) groups is 1. The lowest BCUT2D eigenvalue weighted by Crippen LogP contribution is -2.35. The Morgan fingerprint density at radius 1 is 1.26 bits per heavy atom. The number of likely N-dealkylation sites (tertiary alicyclic amines) is 1. The minimum Gasteiger partial charge on any atom is -0.346 e. The third-order valence-electron chi connectivity index (χ3n) is 6.10. The van der Waals surface area contributed by atoms with E-state index in [9.17, 15) is 9.18 Å². The van der Waals surface area contributed by atoms with E-state index >= 15 is 0 Å². The molecule has 7 heteroatoms. The predicted molar refractivity (Wildman–Crippen MR) is 117 cm³/mol. The Labute approximate surface area is 179 Å². The number of halogens is 1. The largest absolute Gasteiger partial charge is 0.346 e. The number of benzene rings is 1. The molecule has 1 amide bonds. The predicted octanol–water partition coefficient (Wildman–Crippen LogP) is 4.05. The van der Waals surface area contributed by atoms with E-state index in [1.165, 1.54) is 12.1 Å². The Morgan fingerprint density at radius 2 is 2.16 bits per heavy atom. The van der Waals surface area contributed by atoms with Crippen molar-refractivity contribution in [2.45, 2.75) is 32.4 Å². The maximum Gasteiger partial charge on any atom is 0.227 e. The van der Waals surface area contributed by atoms with Gasteiger partial charge in [0.1, 0.15) is 5.82 Å². The van der Waals surface area contributed by atoms with E-state index in [4.69, 9.17) is 4.98 Å². The number of H-pyrrole nitrogens is 1. The average Bonchev–Trinajstić information content (AvgIpc) is 3.49. The van der Waals surface area contributed by atoms with Gasteiger partial charge in [-0.3, -0.25) is 9.89 Å². The number of carbonyl (C=O) groups excluding carboxylic acids is 1. The fourth-order valence-corrected chi connectivity index (χ4v) is 4.61. The van der Waals surface area contributed by atoms with Gasteiger partial charge < -0.3 is 9.47 Å². The zero-order valence-corrected chi connectivity index (χ0v) is 17.3. The van der Waals surface area contributed by atoms with Crippen LogP contribution in [0.1, 0.15) is 18.9 Å². The van der Waals surface area contributed by atoms with Crippen LogP contribution >= 0.6 is 0 Å². The van der Waals surface area contributed by atoms with Crippen molar-refractivity contribution in [1.82, 2.24) is 24.6 Å². The fourth-order valence-electron chi connectivity index (χ4n) is 4.61. The van der Waals surface area contributed by atoms with Crippen molar-refractivity contribution in [2.24, 2.45) is 5.92 Å². The summed E-state index contributed by atoms with van der Waals surface area (Å²) < 4.78 is 15.7. The molecule has 0 spiro atoms. The lowest BCUT2D eigenvalue weighted by atomic mass is 10.1. The van der Waals surface area contributed by atoms with Crippen molar-refractivity contribution in [1.29, 1.82) is 0 Å². The maximum atomic E-state index is 13.4. The number of hydrogen-bond donors (Lipinski definition) is 1. The number of aromatic nitrogens is 4. The highest BCUT2D eigenvalue weighted by Crippen LogP contribution is 2.28. The summed E-state index contributed by atoms with van der Waals surface area (Å²) in [5.41, 5.74) is 4.61. The summed E-state index contributed by atoms with van der Waals surface area (Å²) >= 11 is 0. The molecule has 1 aliphatic rings. The Hall–Kier alpha value is -3.48. The van der Waals surface area contributed by atoms with Crippen LogP contribution in [0.2, 0.25) is 0 Å². The first kappa shape index (κ1) is 19.5. The van der Waals surface area contributed by atoms with Crippen LogP contribution < -0.4 is 0 Å². The zero-order chi connectivity index (χ0) is 21.4. The number of pyridine rings is 1. The van der Waals surface area contributed by atoms with Crippen molar-refractivity contribution in [3.63, 3.8) is 0 Å². The summed E-state index contributed by atoms with van der Waals surface area (Å²) in [6.45, 7) is 3.65. The van der Waals surface area contributed by atoms with Crippen molar-refractivity contribution in [3.8, 4) is 11.3 Å². The van der Waals surface area contributed by atoms with Gasteiger partial charge in [-0.1, -0.05) is 12.1 Å². The third kappa shape index (κ3) is 3.95. The lowest BCUT2D eigenvalue weighted by Gasteiger charge is -2.21. The summed E-state index contributed by atoms with van der Waals surface area (Å²) in [5.74, 6) is 0.127. The van der Waals surface area contributed by atoms with E-state index < -0.39 is 0 Å². The molecule has 0 saturated carbocycles. The van der Waals surface area contributed by atoms with Gasteiger partial charge in [0.25, 0.3) is 0 Å². The topological polar surface area (TPSA) is 66.8 Å². The molecule has 1 fully saturated rings. The molecule has 5 rings (SSSR count). The first-order valence-electron chi connectivity index (χ1n) is 10.6. The molecule has 31 heavy (non-hydrogen) atoms. The van der Waals surface area contributed by atoms with Gasteiger partial charge in [0, 0.05) is 37.1 Å². The molecule has 1 aliphatic heterocycles. The van der Waals surface area contributed by atoms with Gasteiger partial charge >= 0.3 is 0 Å². The molecule has 1 aromatic carbocycles. The molecule has 1 saturated heterocycles. The van der Waals surface area contributed by atoms with E-state index in [2.05, 4.69) is 34.0 Å². The highest BCUT2D eigenvalue weighted by molar-refractivity contribution is 5.80. The molecule has 0 unspecified atom stereocenters. The molecule has 0 bridgehead atoms. The van der Waals surface area contributed by atoms with Crippen molar-refractivity contribution < 1.29 is 9.18 Å². The van der Waals surface area contributed by atoms with Crippen molar-refractivity contribution in [3.05, 3.63) is 72.4 Å². The van der Waals surface area contributed by atoms with Gasteiger partial charge in [0.15, 0.2) is 0 Å². The molecule has 1 N–H and O–H groups in total. The monoisotopic (exact) mass is 417 g/mol. The first-order chi connectivity index (χ1) is 15.1. The highest BCUT2D eigenvalue weighted by Gasteiger charge is 2.32. The van der Waals surface area contributed by atoms with Crippen LogP contribution in [0.15, 0.2) is 61.1 Å². The van der Waals surface area contributed by atoms with Gasteiger partial charge in [0.2, 0.25) is 5.91 Å². The lowest BCUT2D eigenvalue weighted by molar-refractivity contribution is -0.131. The Balaban J connectivity index is 1.27. The maximum absolute atomic E-state index is 13.4. The molecule has 0 radical (unpaired) electrons. The van der Waals surface area contributed by atoms with Crippen LogP contribution in [0.25, 0.3) is 22.3 Å². The van der Waals surface area contributed by atoms with Crippen LogP contribution in [0.5, 0.6) is 0 Å². The van der Waals surface area contributed by atoms with Crippen LogP contribution in [0.3, 0.4) is 0 Å².